The molecule has 0 unspecified atom stereocenters. The summed E-state index contributed by atoms with van der Waals surface area (Å²) >= 11 is 0. The van der Waals surface area contributed by atoms with Gasteiger partial charge in [-0.25, -0.2) is 8.78 Å². The van der Waals surface area contributed by atoms with Crippen molar-refractivity contribution in [1.29, 1.82) is 0 Å². The van der Waals surface area contributed by atoms with Gasteiger partial charge in [0.2, 0.25) is 0 Å². The first-order chi connectivity index (χ1) is 17.4. The maximum absolute atomic E-state index is 15.2. The first-order valence-corrected chi connectivity index (χ1v) is 11.7. The predicted molar refractivity (Wildman–Crippen MR) is 134 cm³/mol. The van der Waals surface area contributed by atoms with Crippen LogP contribution in [0.2, 0.25) is 0 Å². The fourth-order valence-corrected chi connectivity index (χ4v) is 4.10. The number of alkyl halides is 2. The molecule has 0 aromatic heterocycles. The second-order valence-electron chi connectivity index (χ2n) is 8.48. The Morgan fingerprint density at radius 3 is 2.14 bits per heavy atom. The quantitative estimate of drug-likeness (QED) is 0.156. The third-order valence-corrected chi connectivity index (χ3v) is 5.99. The van der Waals surface area contributed by atoms with Gasteiger partial charge in [0.1, 0.15) is 18.2 Å². The molecule has 4 rings (SSSR count). The lowest BCUT2D eigenvalue weighted by Crippen LogP contribution is -2.04. The average Bonchev–Trinajstić information content (AvgIpc) is 2.87. The van der Waals surface area contributed by atoms with Gasteiger partial charge in [0, 0.05) is 5.39 Å². The van der Waals surface area contributed by atoms with Crippen LogP contribution in [0.15, 0.2) is 85.5 Å². The number of rotatable bonds is 11. The largest absolute Gasteiger partial charge is 0.490 e. The van der Waals surface area contributed by atoms with E-state index in [4.69, 9.17) is 4.74 Å². The van der Waals surface area contributed by atoms with Crippen molar-refractivity contribution >= 4 is 10.8 Å². The lowest BCUT2D eigenvalue weighted by Gasteiger charge is -2.10. The van der Waals surface area contributed by atoms with E-state index in [2.05, 4.69) is 11.3 Å². The molecule has 4 aromatic rings. The summed E-state index contributed by atoms with van der Waals surface area (Å²) in [6, 6.07) is 21.1. The van der Waals surface area contributed by atoms with Crippen molar-refractivity contribution in [3.8, 4) is 11.5 Å². The van der Waals surface area contributed by atoms with E-state index >= 15 is 4.39 Å². The Balaban J connectivity index is 1.39. The van der Waals surface area contributed by atoms with Crippen LogP contribution in [0.3, 0.4) is 0 Å². The lowest BCUT2D eigenvalue weighted by molar-refractivity contribution is -0.0522. The van der Waals surface area contributed by atoms with Crippen LogP contribution in [-0.2, 0) is 25.7 Å². The van der Waals surface area contributed by atoms with Gasteiger partial charge in [0.05, 0.1) is 0 Å². The first kappa shape index (κ1) is 25.3. The van der Waals surface area contributed by atoms with E-state index in [9.17, 15) is 13.2 Å². The van der Waals surface area contributed by atoms with Crippen LogP contribution < -0.4 is 9.47 Å². The summed E-state index contributed by atoms with van der Waals surface area (Å²) in [5.74, 6) is -0.863. The topological polar surface area (TPSA) is 18.5 Å². The molecular weight excluding hydrogens is 468 g/mol. The Kier molecular flexibility index (Phi) is 8.26. The minimum Gasteiger partial charge on any atom is -0.490 e. The highest BCUT2D eigenvalue weighted by Gasteiger charge is 2.12. The number of hydrogen-bond acceptors (Lipinski definition) is 2. The number of halogens is 4. The van der Waals surface area contributed by atoms with Gasteiger partial charge in [0.25, 0.3) is 0 Å². The van der Waals surface area contributed by atoms with Crippen molar-refractivity contribution in [2.75, 3.05) is 6.61 Å². The Labute approximate surface area is 207 Å². The summed E-state index contributed by atoms with van der Waals surface area (Å²) in [7, 11) is 0. The Morgan fingerprint density at radius 2 is 1.42 bits per heavy atom. The van der Waals surface area contributed by atoms with Crippen LogP contribution in [0.25, 0.3) is 10.8 Å². The molecule has 0 fully saturated rings. The molecular formula is C30H26F4O2. The Bertz CT molecular complexity index is 1330. The second-order valence-corrected chi connectivity index (χ2v) is 8.48. The van der Waals surface area contributed by atoms with Gasteiger partial charge in [-0.15, -0.1) is 0 Å². The molecule has 36 heavy (non-hydrogen) atoms. The summed E-state index contributed by atoms with van der Waals surface area (Å²) in [5, 5.41) is 1.35. The van der Waals surface area contributed by atoms with Crippen molar-refractivity contribution in [3.05, 3.63) is 119 Å². The van der Waals surface area contributed by atoms with E-state index in [0.29, 0.717) is 36.0 Å². The van der Waals surface area contributed by atoms with Crippen LogP contribution in [0.4, 0.5) is 17.6 Å². The van der Waals surface area contributed by atoms with Gasteiger partial charge in [-0.3, -0.25) is 0 Å². The fourth-order valence-electron chi connectivity index (χ4n) is 4.10. The molecule has 186 valence electrons. The molecule has 0 saturated carbocycles. The summed E-state index contributed by atoms with van der Waals surface area (Å²) < 4.78 is 63.4. The van der Waals surface area contributed by atoms with Crippen LogP contribution in [0, 0.1) is 11.6 Å². The van der Waals surface area contributed by atoms with Gasteiger partial charge in [-0.1, -0.05) is 61.2 Å². The third kappa shape index (κ3) is 6.45. The van der Waals surface area contributed by atoms with Crippen LogP contribution in [-0.4, -0.2) is 13.2 Å². The highest BCUT2D eigenvalue weighted by molar-refractivity contribution is 5.84. The summed E-state index contributed by atoms with van der Waals surface area (Å²) in [6.45, 7) is 1.02. The van der Waals surface area contributed by atoms with E-state index < -0.39 is 18.2 Å². The van der Waals surface area contributed by atoms with E-state index in [1.807, 2.05) is 42.5 Å². The number of ether oxygens (including phenoxy) is 2. The SMILES string of the molecule is C=CCOc1ccc(CCc2ccc3c(F)c(CCc4ccc(OC(F)F)c(F)c4)ccc3c2)cc1. The summed E-state index contributed by atoms with van der Waals surface area (Å²) in [6.07, 6.45) is 4.10. The molecule has 0 N–H and O–H groups in total. The minimum atomic E-state index is -3.09. The van der Waals surface area contributed by atoms with Crippen molar-refractivity contribution in [3.63, 3.8) is 0 Å². The lowest BCUT2D eigenvalue weighted by atomic mass is 9.97. The van der Waals surface area contributed by atoms with Gasteiger partial charge < -0.3 is 9.47 Å². The summed E-state index contributed by atoms with van der Waals surface area (Å²) in [5.41, 5.74) is 3.39. The molecule has 0 aliphatic rings. The molecule has 4 aromatic carbocycles. The molecule has 0 bridgehead atoms. The van der Waals surface area contributed by atoms with E-state index in [-0.39, 0.29) is 5.82 Å². The number of benzene rings is 4. The highest BCUT2D eigenvalue weighted by Crippen LogP contribution is 2.26. The molecule has 6 heteroatoms. The smallest absolute Gasteiger partial charge is 0.387 e. The molecule has 0 saturated heterocycles. The molecule has 0 aliphatic heterocycles. The van der Waals surface area contributed by atoms with Crippen molar-refractivity contribution in [1.82, 2.24) is 0 Å². The van der Waals surface area contributed by atoms with Crippen molar-refractivity contribution in [2.45, 2.75) is 32.3 Å². The van der Waals surface area contributed by atoms with Crippen LogP contribution in [0.1, 0.15) is 22.3 Å². The van der Waals surface area contributed by atoms with Gasteiger partial charge in [0.15, 0.2) is 11.6 Å². The first-order valence-electron chi connectivity index (χ1n) is 11.7. The van der Waals surface area contributed by atoms with Gasteiger partial charge in [-0.05, 0) is 77.6 Å². The van der Waals surface area contributed by atoms with Crippen LogP contribution >= 0.6 is 0 Å². The van der Waals surface area contributed by atoms with E-state index in [1.165, 1.54) is 17.7 Å². The molecule has 0 atom stereocenters. The third-order valence-electron chi connectivity index (χ3n) is 5.99. The zero-order valence-corrected chi connectivity index (χ0v) is 19.7. The van der Waals surface area contributed by atoms with E-state index in [0.717, 1.165) is 35.6 Å². The monoisotopic (exact) mass is 494 g/mol. The number of fused-ring (bicyclic) bond motifs is 1. The molecule has 0 heterocycles. The van der Waals surface area contributed by atoms with Gasteiger partial charge >= 0.3 is 6.61 Å². The second kappa shape index (κ2) is 11.8. The standard InChI is InChI=1S/C30H26F4O2/c1-2-17-35-25-13-6-20(7-14-25)3-4-21-8-15-26-24(18-21)12-11-23(29(26)32)10-5-22-9-16-28(27(31)19-22)36-30(33)34/h2,6-9,11-16,18-19,30H,1,3-5,10,17H2. The molecule has 0 aliphatic carbocycles. The average molecular weight is 495 g/mol. The normalized spacial score (nSPS) is 11.1. The maximum atomic E-state index is 15.2. The number of aryl methyl sites for hydroxylation is 4. The fraction of sp³-hybridized carbons (Fsp3) is 0.200. The van der Waals surface area contributed by atoms with Gasteiger partial charge in [-0.2, -0.15) is 8.78 Å². The predicted octanol–water partition coefficient (Wildman–Crippen LogP) is 7.85. The molecule has 2 nitrogen and oxygen atoms in total. The zero-order valence-electron chi connectivity index (χ0n) is 19.7. The molecule has 0 spiro atoms. The Hall–Kier alpha value is -3.80. The highest BCUT2D eigenvalue weighted by atomic mass is 19.3. The van der Waals surface area contributed by atoms with Crippen molar-refractivity contribution in [2.24, 2.45) is 0 Å². The summed E-state index contributed by atoms with van der Waals surface area (Å²) in [4.78, 5) is 0. The molecule has 0 amide bonds. The Morgan fingerprint density at radius 1 is 0.750 bits per heavy atom. The molecule has 0 radical (unpaired) electrons. The zero-order chi connectivity index (χ0) is 25.5. The van der Waals surface area contributed by atoms with Crippen molar-refractivity contribution < 1.29 is 27.0 Å². The minimum absolute atomic E-state index is 0.299. The number of hydrogen-bond donors (Lipinski definition) is 0. The van der Waals surface area contributed by atoms with Crippen LogP contribution in [0.5, 0.6) is 11.5 Å². The van der Waals surface area contributed by atoms with E-state index in [1.54, 1.807) is 18.2 Å². The maximum Gasteiger partial charge on any atom is 0.387 e.